The van der Waals surface area contributed by atoms with Gasteiger partial charge >= 0.3 is 0 Å². The Morgan fingerprint density at radius 3 is 2.71 bits per heavy atom. The van der Waals surface area contributed by atoms with Crippen LogP contribution in [0.2, 0.25) is 0 Å². The Labute approximate surface area is 103 Å². The van der Waals surface area contributed by atoms with Crippen molar-refractivity contribution in [3.63, 3.8) is 0 Å². The van der Waals surface area contributed by atoms with E-state index in [1.165, 1.54) is 11.1 Å². The highest BCUT2D eigenvalue weighted by molar-refractivity contribution is 5.52. The van der Waals surface area contributed by atoms with Gasteiger partial charge in [0, 0.05) is 11.6 Å². The van der Waals surface area contributed by atoms with Crippen molar-refractivity contribution in [1.29, 1.82) is 0 Å². The standard InChI is InChI=1S/C14H21NO2/c1-3-16-13-8-5-10-9-11(15)6-7-12(10)14(13)17-4-2/h5,8,11H,3-4,6-7,9,15H2,1-2H3/t11-/m1/s1. The molecule has 0 saturated carbocycles. The minimum Gasteiger partial charge on any atom is -0.490 e. The summed E-state index contributed by atoms with van der Waals surface area (Å²) in [7, 11) is 0. The number of hydrogen-bond acceptors (Lipinski definition) is 3. The number of nitrogens with two attached hydrogens (primary N) is 1. The highest BCUT2D eigenvalue weighted by Gasteiger charge is 2.21. The van der Waals surface area contributed by atoms with Crippen LogP contribution in [-0.4, -0.2) is 19.3 Å². The van der Waals surface area contributed by atoms with Gasteiger partial charge in [-0.2, -0.15) is 0 Å². The van der Waals surface area contributed by atoms with E-state index in [9.17, 15) is 0 Å². The predicted molar refractivity (Wildman–Crippen MR) is 68.8 cm³/mol. The number of benzene rings is 1. The van der Waals surface area contributed by atoms with E-state index in [0.717, 1.165) is 30.8 Å². The second-order valence-electron chi connectivity index (χ2n) is 4.40. The van der Waals surface area contributed by atoms with Gasteiger partial charge in [0.15, 0.2) is 11.5 Å². The predicted octanol–water partition coefficient (Wildman–Crippen LogP) is 2.30. The third-order valence-corrected chi connectivity index (χ3v) is 3.16. The fourth-order valence-corrected chi connectivity index (χ4v) is 2.40. The lowest BCUT2D eigenvalue weighted by Crippen LogP contribution is -2.28. The van der Waals surface area contributed by atoms with Crippen molar-refractivity contribution in [2.45, 2.75) is 39.2 Å². The molecule has 3 nitrogen and oxygen atoms in total. The van der Waals surface area contributed by atoms with Crippen LogP contribution in [0.15, 0.2) is 12.1 Å². The van der Waals surface area contributed by atoms with Gasteiger partial charge in [-0.1, -0.05) is 6.07 Å². The highest BCUT2D eigenvalue weighted by atomic mass is 16.5. The Bertz CT molecular complexity index is 390. The Morgan fingerprint density at radius 2 is 2.00 bits per heavy atom. The van der Waals surface area contributed by atoms with Gasteiger partial charge in [0.1, 0.15) is 0 Å². The Balaban J connectivity index is 2.38. The van der Waals surface area contributed by atoms with Crippen molar-refractivity contribution in [3.05, 3.63) is 23.3 Å². The highest BCUT2D eigenvalue weighted by Crippen LogP contribution is 2.37. The van der Waals surface area contributed by atoms with E-state index < -0.39 is 0 Å². The molecule has 0 aliphatic heterocycles. The molecule has 1 atom stereocenters. The molecule has 1 aliphatic rings. The van der Waals surface area contributed by atoms with Gasteiger partial charge in [0.05, 0.1) is 13.2 Å². The van der Waals surface area contributed by atoms with Crippen LogP contribution in [0.4, 0.5) is 0 Å². The third kappa shape index (κ3) is 2.55. The maximum atomic E-state index is 6.00. The van der Waals surface area contributed by atoms with E-state index in [4.69, 9.17) is 15.2 Å². The summed E-state index contributed by atoms with van der Waals surface area (Å²) in [5.74, 6) is 1.79. The second kappa shape index (κ2) is 5.41. The van der Waals surface area contributed by atoms with Crippen LogP contribution in [0.25, 0.3) is 0 Å². The van der Waals surface area contributed by atoms with Crippen molar-refractivity contribution >= 4 is 0 Å². The smallest absolute Gasteiger partial charge is 0.164 e. The Kier molecular flexibility index (Phi) is 3.89. The van der Waals surface area contributed by atoms with Crippen molar-refractivity contribution < 1.29 is 9.47 Å². The van der Waals surface area contributed by atoms with Crippen LogP contribution in [-0.2, 0) is 12.8 Å². The summed E-state index contributed by atoms with van der Waals surface area (Å²) < 4.78 is 11.4. The first-order valence-corrected chi connectivity index (χ1v) is 6.42. The Morgan fingerprint density at radius 1 is 1.24 bits per heavy atom. The number of hydrogen-bond donors (Lipinski definition) is 1. The Hall–Kier alpha value is -1.22. The zero-order chi connectivity index (χ0) is 12.3. The first-order chi connectivity index (χ1) is 8.26. The molecule has 1 aliphatic carbocycles. The zero-order valence-corrected chi connectivity index (χ0v) is 10.7. The molecule has 0 amide bonds. The van der Waals surface area contributed by atoms with Gasteiger partial charge in [-0.05, 0) is 44.7 Å². The monoisotopic (exact) mass is 235 g/mol. The van der Waals surface area contributed by atoms with E-state index >= 15 is 0 Å². The minimum atomic E-state index is 0.287. The molecule has 2 N–H and O–H groups in total. The fourth-order valence-electron chi connectivity index (χ4n) is 2.40. The van der Waals surface area contributed by atoms with E-state index in [1.807, 2.05) is 19.9 Å². The third-order valence-electron chi connectivity index (χ3n) is 3.16. The summed E-state index contributed by atoms with van der Waals surface area (Å²) in [6, 6.07) is 4.42. The molecule has 0 unspecified atom stereocenters. The van der Waals surface area contributed by atoms with Crippen molar-refractivity contribution in [1.82, 2.24) is 0 Å². The van der Waals surface area contributed by atoms with Crippen LogP contribution in [0.5, 0.6) is 11.5 Å². The molecule has 0 aromatic heterocycles. The lowest BCUT2D eigenvalue weighted by Gasteiger charge is -2.25. The van der Waals surface area contributed by atoms with E-state index in [0.29, 0.717) is 13.2 Å². The number of fused-ring (bicyclic) bond motifs is 1. The molecule has 1 aromatic rings. The van der Waals surface area contributed by atoms with Crippen molar-refractivity contribution in [2.24, 2.45) is 5.73 Å². The summed E-state index contributed by atoms with van der Waals surface area (Å²) in [4.78, 5) is 0. The maximum absolute atomic E-state index is 6.00. The number of ether oxygens (including phenoxy) is 2. The molecule has 17 heavy (non-hydrogen) atoms. The normalized spacial score (nSPS) is 18.6. The molecule has 0 radical (unpaired) electrons. The van der Waals surface area contributed by atoms with Crippen LogP contribution >= 0.6 is 0 Å². The quantitative estimate of drug-likeness (QED) is 0.871. The van der Waals surface area contributed by atoms with Gasteiger partial charge in [0.25, 0.3) is 0 Å². The minimum absolute atomic E-state index is 0.287. The zero-order valence-electron chi connectivity index (χ0n) is 10.7. The first kappa shape index (κ1) is 12.2. The topological polar surface area (TPSA) is 44.5 Å². The molecule has 0 bridgehead atoms. The summed E-state index contributed by atoms with van der Waals surface area (Å²) >= 11 is 0. The molecule has 1 aromatic carbocycles. The average molecular weight is 235 g/mol. The molecule has 0 heterocycles. The van der Waals surface area contributed by atoms with Crippen LogP contribution in [0.1, 0.15) is 31.4 Å². The van der Waals surface area contributed by atoms with E-state index in [1.54, 1.807) is 0 Å². The maximum Gasteiger partial charge on any atom is 0.164 e. The molecule has 0 saturated heterocycles. The van der Waals surface area contributed by atoms with Gasteiger partial charge in [-0.3, -0.25) is 0 Å². The lowest BCUT2D eigenvalue weighted by atomic mass is 9.88. The molecule has 3 heteroatoms. The number of rotatable bonds is 4. The molecular formula is C14H21NO2. The molecule has 0 fully saturated rings. The van der Waals surface area contributed by atoms with Crippen molar-refractivity contribution in [3.8, 4) is 11.5 Å². The molecule has 2 rings (SSSR count). The first-order valence-electron chi connectivity index (χ1n) is 6.42. The van der Waals surface area contributed by atoms with Crippen LogP contribution < -0.4 is 15.2 Å². The SMILES string of the molecule is CCOc1ccc2c(c1OCC)CC[C@@H](N)C2. The lowest BCUT2D eigenvalue weighted by molar-refractivity contribution is 0.283. The molecule has 94 valence electrons. The molecule has 0 spiro atoms. The van der Waals surface area contributed by atoms with Gasteiger partial charge in [-0.15, -0.1) is 0 Å². The van der Waals surface area contributed by atoms with Crippen LogP contribution in [0, 0.1) is 0 Å². The van der Waals surface area contributed by atoms with E-state index in [-0.39, 0.29) is 6.04 Å². The second-order valence-corrected chi connectivity index (χ2v) is 4.40. The van der Waals surface area contributed by atoms with Gasteiger partial charge in [0.2, 0.25) is 0 Å². The summed E-state index contributed by atoms with van der Waals surface area (Å²) in [5, 5.41) is 0. The van der Waals surface area contributed by atoms with Crippen molar-refractivity contribution in [2.75, 3.05) is 13.2 Å². The van der Waals surface area contributed by atoms with Crippen LogP contribution in [0.3, 0.4) is 0 Å². The molecular weight excluding hydrogens is 214 g/mol. The fraction of sp³-hybridized carbons (Fsp3) is 0.571. The summed E-state index contributed by atoms with van der Waals surface area (Å²) in [6.45, 7) is 5.33. The van der Waals surface area contributed by atoms with Gasteiger partial charge < -0.3 is 15.2 Å². The largest absolute Gasteiger partial charge is 0.490 e. The van der Waals surface area contributed by atoms with Gasteiger partial charge in [-0.25, -0.2) is 0 Å². The average Bonchev–Trinajstić information content (AvgIpc) is 2.32. The summed E-state index contributed by atoms with van der Waals surface area (Å²) in [5.41, 5.74) is 8.60. The van der Waals surface area contributed by atoms with E-state index in [2.05, 4.69) is 6.07 Å². The summed E-state index contributed by atoms with van der Waals surface area (Å²) in [6.07, 6.45) is 2.97.